The Bertz CT molecular complexity index is 690. The van der Waals surface area contributed by atoms with Crippen LogP contribution >= 0.6 is 0 Å². The minimum absolute atomic E-state index is 0.0958. The minimum Gasteiger partial charge on any atom is -0.506 e. The maximum absolute atomic E-state index is 11.6. The van der Waals surface area contributed by atoms with Crippen LogP contribution in [0.3, 0.4) is 0 Å². The molecule has 0 amide bonds. The average molecular weight is 275 g/mol. The van der Waals surface area contributed by atoms with Crippen molar-refractivity contribution in [1.29, 1.82) is 0 Å². The first-order chi connectivity index (χ1) is 9.65. The summed E-state index contributed by atoms with van der Waals surface area (Å²) in [6, 6.07) is 3.63. The van der Waals surface area contributed by atoms with E-state index in [1.807, 2.05) is 6.07 Å². The number of rotatable bonds is 2. The van der Waals surface area contributed by atoms with Crippen molar-refractivity contribution in [3.05, 3.63) is 34.2 Å². The molecule has 0 aliphatic carbocycles. The van der Waals surface area contributed by atoms with Crippen molar-refractivity contribution in [2.45, 2.75) is 6.54 Å². The van der Waals surface area contributed by atoms with Crippen LogP contribution in [0.25, 0.3) is 11.0 Å². The summed E-state index contributed by atoms with van der Waals surface area (Å²) in [4.78, 5) is 17.9. The number of morpholine rings is 1. The SMILES string of the molecule is Cn1c(=O)cnc2cc(CN3CCOCC3)cc(O)c21. The highest BCUT2D eigenvalue weighted by Crippen LogP contribution is 2.24. The average Bonchev–Trinajstić information content (AvgIpc) is 2.44. The van der Waals surface area contributed by atoms with Crippen LogP contribution < -0.4 is 5.56 Å². The summed E-state index contributed by atoms with van der Waals surface area (Å²) >= 11 is 0. The molecule has 106 valence electrons. The molecule has 1 fully saturated rings. The van der Waals surface area contributed by atoms with Crippen LogP contribution in [-0.4, -0.2) is 45.9 Å². The molecule has 2 heterocycles. The van der Waals surface area contributed by atoms with E-state index in [0.717, 1.165) is 38.4 Å². The van der Waals surface area contributed by atoms with Crippen LogP contribution in [0.1, 0.15) is 5.56 Å². The number of phenols is 1. The zero-order chi connectivity index (χ0) is 14.1. The van der Waals surface area contributed by atoms with Crippen LogP contribution in [0.2, 0.25) is 0 Å². The highest BCUT2D eigenvalue weighted by Gasteiger charge is 2.13. The van der Waals surface area contributed by atoms with Gasteiger partial charge in [0.05, 0.1) is 24.9 Å². The summed E-state index contributed by atoms with van der Waals surface area (Å²) < 4.78 is 6.73. The van der Waals surface area contributed by atoms with Gasteiger partial charge in [0.15, 0.2) is 0 Å². The lowest BCUT2D eigenvalue weighted by Gasteiger charge is -2.26. The molecular weight excluding hydrogens is 258 g/mol. The lowest BCUT2D eigenvalue weighted by Crippen LogP contribution is -2.35. The van der Waals surface area contributed by atoms with E-state index < -0.39 is 0 Å². The second-order valence-corrected chi connectivity index (χ2v) is 5.03. The Hall–Kier alpha value is -1.92. The molecule has 3 rings (SSSR count). The Balaban J connectivity index is 1.97. The first kappa shape index (κ1) is 13.1. The quantitative estimate of drug-likeness (QED) is 0.863. The number of phenolic OH excluding ortho intramolecular Hbond substituents is 1. The normalized spacial score (nSPS) is 16.6. The van der Waals surface area contributed by atoms with Gasteiger partial charge in [0.25, 0.3) is 5.56 Å². The highest BCUT2D eigenvalue weighted by molar-refractivity contribution is 5.81. The third-order valence-electron chi connectivity index (χ3n) is 3.62. The summed E-state index contributed by atoms with van der Waals surface area (Å²) in [7, 11) is 1.63. The predicted octanol–water partition coefficient (Wildman–Crippen LogP) is 0.471. The van der Waals surface area contributed by atoms with Gasteiger partial charge in [-0.25, -0.2) is 4.98 Å². The van der Waals surface area contributed by atoms with Gasteiger partial charge in [0.2, 0.25) is 0 Å². The summed E-state index contributed by atoms with van der Waals surface area (Å²) in [5, 5.41) is 10.1. The van der Waals surface area contributed by atoms with Crippen LogP contribution in [0.4, 0.5) is 0 Å². The van der Waals surface area contributed by atoms with Gasteiger partial charge in [0, 0.05) is 26.7 Å². The van der Waals surface area contributed by atoms with Crippen molar-refractivity contribution in [3.8, 4) is 5.75 Å². The Labute approximate surface area is 116 Å². The number of aromatic nitrogens is 2. The van der Waals surface area contributed by atoms with E-state index >= 15 is 0 Å². The van der Waals surface area contributed by atoms with Gasteiger partial charge in [-0.15, -0.1) is 0 Å². The summed E-state index contributed by atoms with van der Waals surface area (Å²) in [5.74, 6) is 0.0958. The number of ether oxygens (including phenoxy) is 1. The second kappa shape index (κ2) is 5.22. The molecule has 6 heteroatoms. The molecule has 0 atom stereocenters. The van der Waals surface area contributed by atoms with E-state index in [2.05, 4.69) is 9.88 Å². The van der Waals surface area contributed by atoms with Crippen LogP contribution in [0.15, 0.2) is 23.1 Å². The number of hydrogen-bond acceptors (Lipinski definition) is 5. The molecule has 1 aromatic heterocycles. The van der Waals surface area contributed by atoms with Crippen LogP contribution in [0, 0.1) is 0 Å². The van der Waals surface area contributed by atoms with Gasteiger partial charge in [-0.1, -0.05) is 0 Å². The number of benzene rings is 1. The Morgan fingerprint density at radius 3 is 2.85 bits per heavy atom. The molecule has 20 heavy (non-hydrogen) atoms. The van der Waals surface area contributed by atoms with E-state index in [1.165, 1.54) is 10.8 Å². The molecular formula is C14H17N3O3. The number of fused-ring (bicyclic) bond motifs is 1. The highest BCUT2D eigenvalue weighted by atomic mass is 16.5. The van der Waals surface area contributed by atoms with E-state index in [9.17, 15) is 9.90 Å². The molecule has 0 unspecified atom stereocenters. The summed E-state index contributed by atoms with van der Waals surface area (Å²) in [5.41, 5.74) is 1.87. The zero-order valence-corrected chi connectivity index (χ0v) is 11.4. The molecule has 1 aromatic carbocycles. The Morgan fingerprint density at radius 1 is 1.35 bits per heavy atom. The van der Waals surface area contributed by atoms with Gasteiger partial charge in [0.1, 0.15) is 11.3 Å². The van der Waals surface area contributed by atoms with Crippen LogP contribution in [-0.2, 0) is 18.3 Å². The molecule has 0 spiro atoms. The molecule has 6 nitrogen and oxygen atoms in total. The maximum Gasteiger partial charge on any atom is 0.269 e. The molecule has 0 radical (unpaired) electrons. The molecule has 2 aromatic rings. The van der Waals surface area contributed by atoms with Gasteiger partial charge in [-0.3, -0.25) is 9.69 Å². The largest absolute Gasteiger partial charge is 0.506 e. The van der Waals surface area contributed by atoms with Crippen LogP contribution in [0.5, 0.6) is 5.75 Å². The fourth-order valence-electron chi connectivity index (χ4n) is 2.53. The maximum atomic E-state index is 11.6. The fourth-order valence-corrected chi connectivity index (χ4v) is 2.53. The van der Waals surface area contributed by atoms with Crippen molar-refractivity contribution in [2.75, 3.05) is 26.3 Å². The molecule has 0 bridgehead atoms. The number of aryl methyl sites for hydroxylation is 1. The molecule has 1 aliphatic heterocycles. The molecule has 1 aliphatic rings. The summed E-state index contributed by atoms with van der Waals surface area (Å²) in [6.07, 6.45) is 1.28. The number of nitrogens with zero attached hydrogens (tertiary/aromatic N) is 3. The van der Waals surface area contributed by atoms with Gasteiger partial charge in [-0.2, -0.15) is 0 Å². The lowest BCUT2D eigenvalue weighted by molar-refractivity contribution is 0.0342. The molecule has 1 N–H and O–H groups in total. The van der Waals surface area contributed by atoms with Crippen molar-refractivity contribution in [2.24, 2.45) is 7.05 Å². The van der Waals surface area contributed by atoms with E-state index in [4.69, 9.17) is 4.74 Å². The van der Waals surface area contributed by atoms with E-state index in [0.29, 0.717) is 11.0 Å². The van der Waals surface area contributed by atoms with Gasteiger partial charge in [-0.05, 0) is 17.7 Å². The molecule has 1 saturated heterocycles. The van der Waals surface area contributed by atoms with Gasteiger partial charge < -0.3 is 14.4 Å². The smallest absolute Gasteiger partial charge is 0.269 e. The van der Waals surface area contributed by atoms with Crippen molar-refractivity contribution >= 4 is 11.0 Å². The second-order valence-electron chi connectivity index (χ2n) is 5.03. The van der Waals surface area contributed by atoms with Crippen molar-refractivity contribution in [3.63, 3.8) is 0 Å². The van der Waals surface area contributed by atoms with E-state index in [-0.39, 0.29) is 11.3 Å². The summed E-state index contributed by atoms with van der Waals surface area (Å²) in [6.45, 7) is 4.01. The minimum atomic E-state index is -0.228. The Morgan fingerprint density at radius 2 is 2.10 bits per heavy atom. The predicted molar refractivity (Wildman–Crippen MR) is 74.7 cm³/mol. The third kappa shape index (κ3) is 2.39. The number of hydrogen-bond donors (Lipinski definition) is 1. The lowest BCUT2D eigenvalue weighted by atomic mass is 10.1. The fraction of sp³-hybridized carbons (Fsp3) is 0.429. The first-order valence-corrected chi connectivity index (χ1v) is 6.63. The number of aromatic hydroxyl groups is 1. The topological polar surface area (TPSA) is 67.6 Å². The Kier molecular flexibility index (Phi) is 3.42. The van der Waals surface area contributed by atoms with E-state index in [1.54, 1.807) is 13.1 Å². The standard InChI is InChI=1S/C14H17N3O3/c1-16-13(19)8-15-11-6-10(7-12(18)14(11)16)9-17-2-4-20-5-3-17/h6-8,18H,2-5,9H2,1H3. The first-order valence-electron chi connectivity index (χ1n) is 6.63. The van der Waals surface area contributed by atoms with Crippen molar-refractivity contribution < 1.29 is 9.84 Å². The van der Waals surface area contributed by atoms with Gasteiger partial charge >= 0.3 is 0 Å². The third-order valence-corrected chi connectivity index (χ3v) is 3.62. The zero-order valence-electron chi connectivity index (χ0n) is 11.4. The van der Waals surface area contributed by atoms with Crippen molar-refractivity contribution in [1.82, 2.24) is 14.5 Å². The molecule has 0 saturated carbocycles. The monoisotopic (exact) mass is 275 g/mol.